The molecule has 4 nitrogen and oxygen atoms in total. The Morgan fingerprint density at radius 2 is 1.54 bits per heavy atom. The van der Waals surface area contributed by atoms with E-state index in [2.05, 4.69) is 80.4 Å². The van der Waals surface area contributed by atoms with Gasteiger partial charge in [0.1, 0.15) is 0 Å². The van der Waals surface area contributed by atoms with Gasteiger partial charge < -0.3 is 0 Å². The van der Waals surface area contributed by atoms with Crippen LogP contribution in [-0.2, 0) is 19.5 Å². The molecule has 0 atom stereocenters. The first-order chi connectivity index (χ1) is 13.7. The first-order valence-electron chi connectivity index (χ1n) is 10.1. The molecular formula is C22H30N4S2. The van der Waals surface area contributed by atoms with Crippen molar-refractivity contribution < 1.29 is 0 Å². The molecule has 0 bridgehead atoms. The van der Waals surface area contributed by atoms with Gasteiger partial charge in [0.15, 0.2) is 0 Å². The van der Waals surface area contributed by atoms with Gasteiger partial charge >= 0.3 is 0 Å². The molecule has 150 valence electrons. The van der Waals surface area contributed by atoms with Crippen molar-refractivity contribution in [2.75, 3.05) is 46.8 Å². The SMILES string of the molecule is CN(C)SN1CCN(Cc2ccc(SN3CCc4ccccc4C3)cc2)CC1. The van der Waals surface area contributed by atoms with Crippen molar-refractivity contribution in [3.8, 4) is 0 Å². The number of rotatable bonds is 6. The van der Waals surface area contributed by atoms with Crippen LogP contribution in [0.1, 0.15) is 16.7 Å². The standard InChI is InChI=1S/C22H30N4S2/c1-23(2)28-25-15-13-24(14-16-25)17-19-7-9-22(10-8-19)27-26-12-11-20-5-3-4-6-21(20)18-26/h3-10H,11-18H2,1-2H3. The van der Waals surface area contributed by atoms with E-state index in [4.69, 9.17) is 0 Å². The molecule has 6 heteroatoms. The minimum absolute atomic E-state index is 1.04. The molecule has 0 amide bonds. The first kappa shape index (κ1) is 20.3. The maximum absolute atomic E-state index is 2.57. The highest BCUT2D eigenvalue weighted by atomic mass is 32.2. The molecule has 2 aliphatic heterocycles. The van der Waals surface area contributed by atoms with Crippen molar-refractivity contribution in [1.29, 1.82) is 0 Å². The van der Waals surface area contributed by atoms with Gasteiger partial charge in [-0.05, 0) is 61.3 Å². The van der Waals surface area contributed by atoms with Gasteiger partial charge in [-0.15, -0.1) is 0 Å². The highest BCUT2D eigenvalue weighted by Crippen LogP contribution is 2.29. The van der Waals surface area contributed by atoms with Gasteiger partial charge in [-0.2, -0.15) is 0 Å². The van der Waals surface area contributed by atoms with Crippen LogP contribution in [0, 0.1) is 0 Å². The van der Waals surface area contributed by atoms with Gasteiger partial charge in [-0.25, -0.2) is 12.9 Å². The van der Waals surface area contributed by atoms with Crippen LogP contribution in [0.25, 0.3) is 0 Å². The third-order valence-electron chi connectivity index (χ3n) is 5.27. The minimum atomic E-state index is 1.04. The lowest BCUT2D eigenvalue weighted by Crippen LogP contribution is -2.43. The summed E-state index contributed by atoms with van der Waals surface area (Å²) in [6.45, 7) is 7.77. The van der Waals surface area contributed by atoms with Crippen LogP contribution in [-0.4, -0.2) is 64.6 Å². The Morgan fingerprint density at radius 1 is 0.821 bits per heavy atom. The van der Waals surface area contributed by atoms with Gasteiger partial charge in [0, 0.05) is 62.8 Å². The summed E-state index contributed by atoms with van der Waals surface area (Å²) in [5.74, 6) is 0. The molecule has 0 saturated carbocycles. The second-order valence-electron chi connectivity index (χ2n) is 7.72. The molecule has 0 N–H and O–H groups in total. The number of hydrogen-bond donors (Lipinski definition) is 0. The van der Waals surface area contributed by atoms with Crippen molar-refractivity contribution in [3.05, 3.63) is 65.2 Å². The van der Waals surface area contributed by atoms with Gasteiger partial charge in [0.25, 0.3) is 0 Å². The van der Waals surface area contributed by atoms with Gasteiger partial charge in [0.05, 0.1) is 0 Å². The fourth-order valence-electron chi connectivity index (χ4n) is 3.81. The van der Waals surface area contributed by atoms with Crippen molar-refractivity contribution in [3.63, 3.8) is 0 Å². The predicted molar refractivity (Wildman–Crippen MR) is 121 cm³/mol. The van der Waals surface area contributed by atoms with Crippen molar-refractivity contribution in [1.82, 2.24) is 17.8 Å². The molecule has 28 heavy (non-hydrogen) atoms. The predicted octanol–water partition coefficient (Wildman–Crippen LogP) is 3.99. The largest absolute Gasteiger partial charge is 0.296 e. The summed E-state index contributed by atoms with van der Waals surface area (Å²) in [5.41, 5.74) is 4.41. The van der Waals surface area contributed by atoms with E-state index in [1.165, 1.54) is 21.6 Å². The molecule has 1 fully saturated rings. The van der Waals surface area contributed by atoms with E-state index >= 15 is 0 Å². The lowest BCUT2D eigenvalue weighted by molar-refractivity contribution is 0.187. The Balaban J connectivity index is 1.26. The quantitative estimate of drug-likeness (QED) is 0.658. The van der Waals surface area contributed by atoms with Crippen LogP contribution >= 0.6 is 24.1 Å². The first-order valence-corrected chi connectivity index (χ1v) is 11.6. The van der Waals surface area contributed by atoms with Crippen LogP contribution in [0.5, 0.6) is 0 Å². The number of benzene rings is 2. The molecule has 1 saturated heterocycles. The van der Waals surface area contributed by atoms with Crippen molar-refractivity contribution in [2.45, 2.75) is 24.4 Å². The van der Waals surface area contributed by atoms with Crippen LogP contribution in [0.2, 0.25) is 0 Å². The van der Waals surface area contributed by atoms with E-state index in [1.807, 2.05) is 24.1 Å². The highest BCUT2D eigenvalue weighted by molar-refractivity contribution is 7.97. The molecule has 2 aromatic carbocycles. The normalized spacial score (nSPS) is 19.1. The molecule has 2 aromatic rings. The van der Waals surface area contributed by atoms with E-state index in [-0.39, 0.29) is 0 Å². The van der Waals surface area contributed by atoms with E-state index in [0.717, 1.165) is 52.2 Å². The lowest BCUT2D eigenvalue weighted by Gasteiger charge is -2.34. The Kier molecular flexibility index (Phi) is 6.99. The molecule has 2 heterocycles. The van der Waals surface area contributed by atoms with Gasteiger partial charge in [-0.3, -0.25) is 4.90 Å². The summed E-state index contributed by atoms with van der Waals surface area (Å²) in [4.78, 5) is 3.91. The Labute approximate surface area is 178 Å². The summed E-state index contributed by atoms with van der Waals surface area (Å²) in [6, 6.07) is 18.0. The lowest BCUT2D eigenvalue weighted by atomic mass is 10.0. The molecule has 0 aliphatic carbocycles. The number of nitrogens with zero attached hydrogens (tertiary/aromatic N) is 4. The minimum Gasteiger partial charge on any atom is -0.296 e. The summed E-state index contributed by atoms with van der Waals surface area (Å²) >= 11 is 3.73. The smallest absolute Gasteiger partial charge is 0.0346 e. The van der Waals surface area contributed by atoms with Crippen LogP contribution in [0.4, 0.5) is 0 Å². The second-order valence-corrected chi connectivity index (χ2v) is 10.3. The Morgan fingerprint density at radius 3 is 2.25 bits per heavy atom. The van der Waals surface area contributed by atoms with E-state index in [9.17, 15) is 0 Å². The maximum atomic E-state index is 2.57. The van der Waals surface area contributed by atoms with Crippen molar-refractivity contribution in [2.24, 2.45) is 0 Å². The van der Waals surface area contributed by atoms with E-state index in [1.54, 1.807) is 0 Å². The zero-order chi connectivity index (χ0) is 19.3. The van der Waals surface area contributed by atoms with Crippen LogP contribution < -0.4 is 0 Å². The molecule has 0 spiro atoms. The molecule has 0 aromatic heterocycles. The van der Waals surface area contributed by atoms with Crippen LogP contribution in [0.15, 0.2) is 53.4 Å². The fraction of sp³-hybridized carbons (Fsp3) is 0.455. The average molecular weight is 415 g/mol. The number of hydrogen-bond acceptors (Lipinski definition) is 6. The Bertz CT molecular complexity index is 757. The molecular weight excluding hydrogens is 384 g/mol. The summed E-state index contributed by atoms with van der Waals surface area (Å²) in [5, 5.41) is 0. The summed E-state index contributed by atoms with van der Waals surface area (Å²) in [6.07, 6.45) is 1.15. The number of piperazine rings is 1. The van der Waals surface area contributed by atoms with E-state index < -0.39 is 0 Å². The van der Waals surface area contributed by atoms with Crippen molar-refractivity contribution >= 4 is 24.1 Å². The molecule has 0 unspecified atom stereocenters. The molecule has 0 radical (unpaired) electrons. The third-order valence-corrected chi connectivity index (χ3v) is 7.25. The highest BCUT2D eigenvalue weighted by Gasteiger charge is 2.19. The zero-order valence-electron chi connectivity index (χ0n) is 16.9. The summed E-state index contributed by atoms with van der Waals surface area (Å²) in [7, 11) is 4.22. The maximum Gasteiger partial charge on any atom is 0.0346 e. The molecule has 2 aliphatic rings. The summed E-state index contributed by atoms with van der Waals surface area (Å²) < 4.78 is 7.11. The zero-order valence-corrected chi connectivity index (χ0v) is 18.5. The topological polar surface area (TPSA) is 13.0 Å². The van der Waals surface area contributed by atoms with Gasteiger partial charge in [-0.1, -0.05) is 36.4 Å². The number of fused-ring (bicyclic) bond motifs is 1. The van der Waals surface area contributed by atoms with Crippen LogP contribution in [0.3, 0.4) is 0 Å². The van der Waals surface area contributed by atoms with Gasteiger partial charge in [0.2, 0.25) is 0 Å². The monoisotopic (exact) mass is 414 g/mol. The average Bonchev–Trinajstić information content (AvgIpc) is 2.70. The Hall–Kier alpha value is -1.02. The fourth-order valence-corrected chi connectivity index (χ4v) is 5.54. The molecule has 4 rings (SSSR count). The third kappa shape index (κ3) is 5.53. The van der Waals surface area contributed by atoms with E-state index in [0.29, 0.717) is 0 Å². The second kappa shape index (κ2) is 9.65.